The topological polar surface area (TPSA) is 62.7 Å². The van der Waals surface area contributed by atoms with Gasteiger partial charge in [0.15, 0.2) is 0 Å². The zero-order valence-corrected chi connectivity index (χ0v) is 15.4. The molecule has 5 heteroatoms. The second-order valence-corrected chi connectivity index (χ2v) is 6.56. The number of para-hydroxylation sites is 1. The number of aryl methyl sites for hydroxylation is 2. The summed E-state index contributed by atoms with van der Waals surface area (Å²) in [6.07, 6.45) is 1.80. The Morgan fingerprint density at radius 1 is 0.889 bits per heavy atom. The second-order valence-electron chi connectivity index (χ2n) is 6.56. The Balaban J connectivity index is 1.56. The molecule has 0 radical (unpaired) electrons. The number of aromatic nitrogens is 3. The van der Waals surface area contributed by atoms with E-state index in [4.69, 9.17) is 0 Å². The van der Waals surface area contributed by atoms with Gasteiger partial charge in [-0.2, -0.15) is 4.98 Å². The molecule has 2 heterocycles. The van der Waals surface area contributed by atoms with Gasteiger partial charge in [0.25, 0.3) is 0 Å². The summed E-state index contributed by atoms with van der Waals surface area (Å²) in [5, 5.41) is 7.78. The molecule has 0 fully saturated rings. The highest BCUT2D eigenvalue weighted by Gasteiger charge is 2.06. The Morgan fingerprint density at radius 3 is 2.56 bits per heavy atom. The maximum absolute atomic E-state index is 4.61. The Bertz CT molecular complexity index is 1070. The van der Waals surface area contributed by atoms with Crippen LogP contribution < -0.4 is 10.6 Å². The van der Waals surface area contributed by atoms with E-state index in [-0.39, 0.29) is 0 Å². The molecular weight excluding hydrogens is 334 g/mol. The van der Waals surface area contributed by atoms with Crippen molar-refractivity contribution < 1.29 is 0 Å². The summed E-state index contributed by atoms with van der Waals surface area (Å²) in [4.78, 5) is 13.6. The number of nitrogens with zero attached hydrogens (tertiary/aromatic N) is 3. The Kier molecular flexibility index (Phi) is 4.66. The molecular formula is C22H21N5. The minimum absolute atomic E-state index is 0.603. The second kappa shape index (κ2) is 7.41. The lowest BCUT2D eigenvalue weighted by atomic mass is 10.1. The van der Waals surface area contributed by atoms with E-state index in [9.17, 15) is 0 Å². The first-order valence-corrected chi connectivity index (χ1v) is 8.93. The van der Waals surface area contributed by atoms with Crippen molar-refractivity contribution in [2.75, 3.05) is 10.6 Å². The van der Waals surface area contributed by atoms with Gasteiger partial charge in [0.1, 0.15) is 5.82 Å². The molecule has 0 saturated carbocycles. The standard InChI is InChI=1S/C22H21N5/c1-15-8-10-17(11-9-15)14-24-22-25-16(2)13-20(27-22)26-19-7-3-5-18-6-4-12-23-21(18)19/h3-13H,14H2,1-2H3,(H2,24,25,26,27). The molecule has 27 heavy (non-hydrogen) atoms. The van der Waals surface area contributed by atoms with Crippen LogP contribution in [0.5, 0.6) is 0 Å². The van der Waals surface area contributed by atoms with Gasteiger partial charge in [-0.15, -0.1) is 0 Å². The average Bonchev–Trinajstić information content (AvgIpc) is 2.67. The zero-order valence-electron chi connectivity index (χ0n) is 15.4. The quantitative estimate of drug-likeness (QED) is 0.528. The summed E-state index contributed by atoms with van der Waals surface area (Å²) in [5.74, 6) is 1.35. The van der Waals surface area contributed by atoms with E-state index in [0.29, 0.717) is 12.5 Å². The van der Waals surface area contributed by atoms with Crippen LogP contribution in [0.2, 0.25) is 0 Å². The molecule has 4 rings (SSSR count). The van der Waals surface area contributed by atoms with E-state index in [2.05, 4.69) is 56.8 Å². The van der Waals surface area contributed by atoms with E-state index < -0.39 is 0 Å². The first-order chi connectivity index (χ1) is 13.2. The van der Waals surface area contributed by atoms with Crippen LogP contribution in [0.3, 0.4) is 0 Å². The lowest BCUT2D eigenvalue weighted by Gasteiger charge is -2.11. The monoisotopic (exact) mass is 355 g/mol. The van der Waals surface area contributed by atoms with Crippen LogP contribution in [0.15, 0.2) is 66.9 Å². The van der Waals surface area contributed by atoms with Gasteiger partial charge in [0.2, 0.25) is 5.95 Å². The number of benzene rings is 2. The number of hydrogen-bond donors (Lipinski definition) is 2. The van der Waals surface area contributed by atoms with Crippen LogP contribution in [0.1, 0.15) is 16.8 Å². The van der Waals surface area contributed by atoms with Gasteiger partial charge in [-0.3, -0.25) is 4.98 Å². The van der Waals surface area contributed by atoms with Crippen molar-refractivity contribution in [3.63, 3.8) is 0 Å². The summed E-state index contributed by atoms with van der Waals surface area (Å²) in [5.41, 5.74) is 5.19. The van der Waals surface area contributed by atoms with Gasteiger partial charge in [-0.25, -0.2) is 4.98 Å². The van der Waals surface area contributed by atoms with E-state index in [1.54, 1.807) is 6.20 Å². The molecule has 0 spiro atoms. The van der Waals surface area contributed by atoms with Crippen molar-refractivity contribution >= 4 is 28.4 Å². The fourth-order valence-corrected chi connectivity index (χ4v) is 2.94. The normalized spacial score (nSPS) is 10.7. The van der Waals surface area contributed by atoms with Crippen LogP contribution in [0.4, 0.5) is 17.5 Å². The lowest BCUT2D eigenvalue weighted by molar-refractivity contribution is 1.03. The predicted octanol–water partition coefficient (Wildman–Crippen LogP) is 5.00. The number of hydrogen-bond acceptors (Lipinski definition) is 5. The number of fused-ring (bicyclic) bond motifs is 1. The van der Waals surface area contributed by atoms with E-state index in [1.807, 2.05) is 43.3 Å². The van der Waals surface area contributed by atoms with Gasteiger partial charge in [0.05, 0.1) is 11.2 Å². The summed E-state index contributed by atoms with van der Waals surface area (Å²) < 4.78 is 0. The highest BCUT2D eigenvalue weighted by Crippen LogP contribution is 2.24. The predicted molar refractivity (Wildman–Crippen MR) is 110 cm³/mol. The van der Waals surface area contributed by atoms with Crippen molar-refractivity contribution in [1.82, 2.24) is 15.0 Å². The minimum atomic E-state index is 0.603. The van der Waals surface area contributed by atoms with Crippen LogP contribution in [0, 0.1) is 13.8 Å². The van der Waals surface area contributed by atoms with Gasteiger partial charge >= 0.3 is 0 Å². The Hall–Kier alpha value is -3.47. The van der Waals surface area contributed by atoms with E-state index in [1.165, 1.54) is 11.1 Å². The molecule has 0 aliphatic rings. The molecule has 2 aromatic carbocycles. The molecule has 134 valence electrons. The van der Waals surface area contributed by atoms with Gasteiger partial charge in [-0.05, 0) is 31.5 Å². The zero-order chi connectivity index (χ0) is 18.6. The molecule has 0 bridgehead atoms. The highest BCUT2D eigenvalue weighted by atomic mass is 15.1. The molecule has 0 aliphatic carbocycles. The van der Waals surface area contributed by atoms with Crippen LogP contribution in [-0.4, -0.2) is 15.0 Å². The fraction of sp³-hybridized carbons (Fsp3) is 0.136. The third kappa shape index (κ3) is 4.03. The average molecular weight is 355 g/mol. The fourth-order valence-electron chi connectivity index (χ4n) is 2.94. The molecule has 0 aliphatic heterocycles. The van der Waals surface area contributed by atoms with Crippen molar-refractivity contribution in [2.24, 2.45) is 0 Å². The minimum Gasteiger partial charge on any atom is -0.350 e. The largest absolute Gasteiger partial charge is 0.350 e. The molecule has 4 aromatic rings. The molecule has 0 amide bonds. The van der Waals surface area contributed by atoms with Gasteiger partial charge < -0.3 is 10.6 Å². The molecule has 0 unspecified atom stereocenters. The van der Waals surface area contributed by atoms with Crippen LogP contribution in [0.25, 0.3) is 10.9 Å². The number of rotatable bonds is 5. The smallest absolute Gasteiger partial charge is 0.225 e. The van der Waals surface area contributed by atoms with Crippen molar-refractivity contribution in [1.29, 1.82) is 0 Å². The van der Waals surface area contributed by atoms with E-state index >= 15 is 0 Å². The summed E-state index contributed by atoms with van der Waals surface area (Å²) in [6, 6.07) is 20.4. The van der Waals surface area contributed by atoms with Crippen LogP contribution >= 0.6 is 0 Å². The third-order valence-electron chi connectivity index (χ3n) is 4.32. The maximum Gasteiger partial charge on any atom is 0.225 e. The first-order valence-electron chi connectivity index (χ1n) is 8.93. The number of anilines is 3. The Morgan fingerprint density at radius 2 is 1.70 bits per heavy atom. The number of nitrogens with one attached hydrogen (secondary N) is 2. The summed E-state index contributed by atoms with van der Waals surface area (Å²) in [7, 11) is 0. The summed E-state index contributed by atoms with van der Waals surface area (Å²) in [6.45, 7) is 4.73. The van der Waals surface area contributed by atoms with Crippen molar-refractivity contribution in [3.8, 4) is 0 Å². The first kappa shape index (κ1) is 17.0. The molecule has 5 nitrogen and oxygen atoms in total. The van der Waals surface area contributed by atoms with Gasteiger partial charge in [-0.1, -0.05) is 48.0 Å². The molecule has 2 N–H and O–H groups in total. The third-order valence-corrected chi connectivity index (χ3v) is 4.32. The highest BCUT2D eigenvalue weighted by molar-refractivity contribution is 5.91. The van der Waals surface area contributed by atoms with Crippen molar-refractivity contribution in [3.05, 3.63) is 83.7 Å². The molecule has 0 saturated heterocycles. The maximum atomic E-state index is 4.61. The molecule has 0 atom stereocenters. The van der Waals surface area contributed by atoms with Crippen LogP contribution in [-0.2, 0) is 6.54 Å². The van der Waals surface area contributed by atoms with Gasteiger partial charge in [0, 0.05) is 29.9 Å². The summed E-state index contributed by atoms with van der Waals surface area (Å²) >= 11 is 0. The van der Waals surface area contributed by atoms with Crippen molar-refractivity contribution in [2.45, 2.75) is 20.4 Å². The van der Waals surface area contributed by atoms with E-state index in [0.717, 1.165) is 28.1 Å². The lowest BCUT2D eigenvalue weighted by Crippen LogP contribution is -2.06. The Labute approximate surface area is 158 Å². The number of pyridine rings is 1. The molecule has 2 aromatic heterocycles. The SMILES string of the molecule is Cc1ccc(CNc2nc(C)cc(Nc3cccc4cccnc34)n2)cc1.